The molecule has 0 aliphatic carbocycles. The molecule has 0 unspecified atom stereocenters. The van der Waals surface area contributed by atoms with Crippen LogP contribution in [0.25, 0.3) is 0 Å². The molecule has 122 valence electrons. The Kier molecular flexibility index (Phi) is 5.55. The van der Waals surface area contributed by atoms with Crippen LogP contribution in [0.4, 0.5) is 0 Å². The van der Waals surface area contributed by atoms with E-state index in [0.717, 1.165) is 6.42 Å². The lowest BCUT2D eigenvalue weighted by atomic mass is 10.2. The van der Waals surface area contributed by atoms with Crippen LogP contribution < -0.4 is 5.32 Å². The quantitative estimate of drug-likeness (QED) is 0.883. The third kappa shape index (κ3) is 3.85. The first kappa shape index (κ1) is 16.9. The summed E-state index contributed by atoms with van der Waals surface area (Å²) in [5, 5.41) is 2.84. The molecule has 0 spiro atoms. The Labute approximate surface area is 131 Å². The van der Waals surface area contributed by atoms with Crippen molar-refractivity contribution in [3.8, 4) is 0 Å². The van der Waals surface area contributed by atoms with Crippen molar-refractivity contribution in [2.75, 3.05) is 26.3 Å². The van der Waals surface area contributed by atoms with Gasteiger partial charge in [0.05, 0.1) is 18.1 Å². The summed E-state index contributed by atoms with van der Waals surface area (Å²) in [6.07, 6.45) is 0.817. The maximum Gasteiger partial charge on any atom is 0.251 e. The van der Waals surface area contributed by atoms with Gasteiger partial charge in [0.15, 0.2) is 0 Å². The van der Waals surface area contributed by atoms with Crippen LogP contribution in [-0.4, -0.2) is 51.0 Å². The Morgan fingerprint density at radius 3 is 2.68 bits per heavy atom. The molecule has 0 radical (unpaired) electrons. The number of benzene rings is 1. The molecule has 1 atom stereocenters. The number of carbonyl (C=O) groups is 1. The van der Waals surface area contributed by atoms with Crippen LogP contribution in [-0.2, 0) is 14.8 Å². The number of sulfonamides is 1. The van der Waals surface area contributed by atoms with Gasteiger partial charge in [-0.2, -0.15) is 4.31 Å². The minimum atomic E-state index is -3.58. The van der Waals surface area contributed by atoms with Gasteiger partial charge in [-0.15, -0.1) is 0 Å². The molecule has 22 heavy (non-hydrogen) atoms. The van der Waals surface area contributed by atoms with Crippen molar-refractivity contribution in [3.63, 3.8) is 0 Å². The van der Waals surface area contributed by atoms with Crippen LogP contribution >= 0.6 is 0 Å². The van der Waals surface area contributed by atoms with Crippen molar-refractivity contribution in [1.29, 1.82) is 0 Å². The number of hydrogen-bond donors (Lipinski definition) is 1. The standard InChI is InChI=1S/C15H22N2O4S/c1-3-12(2)16-15(18)13-5-4-6-14(11-13)22(19,20)17-7-9-21-10-8-17/h4-6,11-12H,3,7-10H2,1-2H3,(H,16,18)/t12-/m0/s1. The molecule has 0 bridgehead atoms. The minimum Gasteiger partial charge on any atom is -0.379 e. The van der Waals surface area contributed by atoms with E-state index in [1.807, 2.05) is 13.8 Å². The third-order valence-electron chi connectivity index (χ3n) is 3.69. The smallest absolute Gasteiger partial charge is 0.251 e. The summed E-state index contributed by atoms with van der Waals surface area (Å²) in [4.78, 5) is 12.3. The maximum absolute atomic E-state index is 12.6. The van der Waals surface area contributed by atoms with Crippen molar-refractivity contribution in [2.24, 2.45) is 0 Å². The molecule has 7 heteroatoms. The van der Waals surface area contributed by atoms with E-state index in [-0.39, 0.29) is 16.8 Å². The van der Waals surface area contributed by atoms with Crippen molar-refractivity contribution in [2.45, 2.75) is 31.2 Å². The highest BCUT2D eigenvalue weighted by atomic mass is 32.2. The Hall–Kier alpha value is -1.44. The number of morpholine rings is 1. The fourth-order valence-electron chi connectivity index (χ4n) is 2.14. The van der Waals surface area contributed by atoms with Gasteiger partial charge in [0.1, 0.15) is 0 Å². The number of nitrogens with zero attached hydrogens (tertiary/aromatic N) is 1. The normalized spacial score (nSPS) is 17.9. The first-order valence-electron chi connectivity index (χ1n) is 7.44. The number of amides is 1. The highest BCUT2D eigenvalue weighted by Gasteiger charge is 2.26. The average Bonchev–Trinajstić information content (AvgIpc) is 2.55. The zero-order valence-corrected chi connectivity index (χ0v) is 13.7. The molecule has 2 rings (SSSR count). The fraction of sp³-hybridized carbons (Fsp3) is 0.533. The molecule has 1 aromatic carbocycles. The molecule has 0 saturated carbocycles. The van der Waals surface area contributed by atoms with Crippen LogP contribution in [0.5, 0.6) is 0 Å². The van der Waals surface area contributed by atoms with Crippen LogP contribution in [0.2, 0.25) is 0 Å². The predicted octanol–water partition coefficient (Wildman–Crippen LogP) is 1.24. The van der Waals surface area contributed by atoms with E-state index in [1.165, 1.54) is 16.4 Å². The number of nitrogens with one attached hydrogen (secondary N) is 1. The van der Waals surface area contributed by atoms with Crippen molar-refractivity contribution < 1.29 is 17.9 Å². The highest BCUT2D eigenvalue weighted by Crippen LogP contribution is 2.18. The number of ether oxygens (including phenoxy) is 1. The zero-order chi connectivity index (χ0) is 16.2. The summed E-state index contributed by atoms with van der Waals surface area (Å²) in [5.74, 6) is -0.256. The zero-order valence-electron chi connectivity index (χ0n) is 12.9. The van der Waals surface area contributed by atoms with Gasteiger partial charge in [-0.3, -0.25) is 4.79 Å². The van der Waals surface area contributed by atoms with Crippen LogP contribution in [0.1, 0.15) is 30.6 Å². The monoisotopic (exact) mass is 326 g/mol. The molecule has 1 N–H and O–H groups in total. The van der Waals surface area contributed by atoms with Gasteiger partial charge in [-0.1, -0.05) is 13.0 Å². The SMILES string of the molecule is CC[C@H](C)NC(=O)c1cccc(S(=O)(=O)N2CCOCC2)c1. The second kappa shape index (κ2) is 7.21. The van der Waals surface area contributed by atoms with Crippen molar-refractivity contribution in [1.82, 2.24) is 9.62 Å². The molecule has 1 aliphatic rings. The van der Waals surface area contributed by atoms with E-state index in [1.54, 1.807) is 12.1 Å². The summed E-state index contributed by atoms with van der Waals surface area (Å²) < 4.78 is 31.7. The number of rotatable bonds is 5. The Balaban J connectivity index is 2.22. The van der Waals surface area contributed by atoms with E-state index in [4.69, 9.17) is 4.74 Å². The molecular weight excluding hydrogens is 304 g/mol. The van der Waals surface area contributed by atoms with Gasteiger partial charge in [0.25, 0.3) is 5.91 Å². The maximum atomic E-state index is 12.6. The second-order valence-corrected chi connectivity index (χ2v) is 7.26. The van der Waals surface area contributed by atoms with Crippen LogP contribution in [0.15, 0.2) is 29.2 Å². The molecule has 1 fully saturated rings. The van der Waals surface area contributed by atoms with E-state index in [0.29, 0.717) is 31.9 Å². The summed E-state index contributed by atoms with van der Waals surface area (Å²) >= 11 is 0. The fourth-order valence-corrected chi connectivity index (χ4v) is 3.60. The van der Waals surface area contributed by atoms with E-state index < -0.39 is 10.0 Å². The molecule has 1 aromatic rings. The second-order valence-electron chi connectivity index (χ2n) is 5.33. The summed E-state index contributed by atoms with van der Waals surface area (Å²) in [6.45, 7) is 5.36. The lowest BCUT2D eigenvalue weighted by Crippen LogP contribution is -2.40. The van der Waals surface area contributed by atoms with Gasteiger partial charge in [-0.25, -0.2) is 8.42 Å². The largest absolute Gasteiger partial charge is 0.379 e. The van der Waals surface area contributed by atoms with Gasteiger partial charge in [0, 0.05) is 24.7 Å². The lowest BCUT2D eigenvalue weighted by molar-refractivity contribution is 0.0730. The predicted molar refractivity (Wildman–Crippen MR) is 83.2 cm³/mol. The molecule has 0 aromatic heterocycles. The van der Waals surface area contributed by atoms with Crippen LogP contribution in [0, 0.1) is 0 Å². The van der Waals surface area contributed by atoms with E-state index in [9.17, 15) is 13.2 Å². The molecule has 1 heterocycles. The Morgan fingerprint density at radius 1 is 1.36 bits per heavy atom. The average molecular weight is 326 g/mol. The summed E-state index contributed by atoms with van der Waals surface area (Å²) in [7, 11) is -3.58. The van der Waals surface area contributed by atoms with E-state index in [2.05, 4.69) is 5.32 Å². The van der Waals surface area contributed by atoms with Gasteiger partial charge in [0.2, 0.25) is 10.0 Å². The van der Waals surface area contributed by atoms with Crippen LogP contribution in [0.3, 0.4) is 0 Å². The van der Waals surface area contributed by atoms with Gasteiger partial charge >= 0.3 is 0 Å². The third-order valence-corrected chi connectivity index (χ3v) is 5.59. The number of carbonyl (C=O) groups excluding carboxylic acids is 1. The van der Waals surface area contributed by atoms with Crippen molar-refractivity contribution in [3.05, 3.63) is 29.8 Å². The molecule has 1 saturated heterocycles. The lowest BCUT2D eigenvalue weighted by Gasteiger charge is -2.26. The molecule has 1 amide bonds. The van der Waals surface area contributed by atoms with Gasteiger partial charge < -0.3 is 10.1 Å². The van der Waals surface area contributed by atoms with E-state index >= 15 is 0 Å². The van der Waals surface area contributed by atoms with Gasteiger partial charge in [-0.05, 0) is 31.5 Å². The Morgan fingerprint density at radius 2 is 2.05 bits per heavy atom. The first-order valence-corrected chi connectivity index (χ1v) is 8.88. The highest BCUT2D eigenvalue weighted by molar-refractivity contribution is 7.89. The molecule has 1 aliphatic heterocycles. The minimum absolute atomic E-state index is 0.0482. The topological polar surface area (TPSA) is 75.7 Å². The number of hydrogen-bond acceptors (Lipinski definition) is 4. The molecule has 6 nitrogen and oxygen atoms in total. The van der Waals surface area contributed by atoms with Crippen molar-refractivity contribution >= 4 is 15.9 Å². The molecular formula is C15H22N2O4S. The summed E-state index contributed by atoms with van der Waals surface area (Å²) in [6, 6.07) is 6.22. The summed E-state index contributed by atoms with van der Waals surface area (Å²) in [5.41, 5.74) is 0.356. The first-order chi connectivity index (χ1) is 10.4. The Bertz CT molecular complexity index is 624.